The average Bonchev–Trinajstić information content (AvgIpc) is 2.89. The highest BCUT2D eigenvalue weighted by Gasteiger charge is 2.38. The van der Waals surface area contributed by atoms with Gasteiger partial charge in [0.1, 0.15) is 24.0 Å². The van der Waals surface area contributed by atoms with E-state index in [1.165, 1.54) is 0 Å². The minimum absolute atomic E-state index is 0.0105. The molecular weight excluding hydrogens is 530 g/mol. The first-order valence-electron chi connectivity index (χ1n) is 14.9. The Kier molecular flexibility index (Phi) is 20.7. The number of carbonyl (C=O) groups is 4. The van der Waals surface area contributed by atoms with Crippen LogP contribution in [0.2, 0.25) is 0 Å². The van der Waals surface area contributed by atoms with Gasteiger partial charge < -0.3 is 19.1 Å². The maximum absolute atomic E-state index is 13.3. The fourth-order valence-corrected chi connectivity index (χ4v) is 4.59. The lowest BCUT2D eigenvalue weighted by atomic mass is 9.90. The Labute approximate surface area is 248 Å². The quantitative estimate of drug-likeness (QED) is 0.131. The lowest BCUT2D eigenvalue weighted by Gasteiger charge is -2.42. The van der Waals surface area contributed by atoms with Crippen LogP contribution in [-0.2, 0) is 33.4 Å². The number of unbranched alkanes of at least 4 members (excludes halogenated alkanes) is 1. The highest BCUT2D eigenvalue weighted by atomic mass is 32.2. The molecule has 9 heteroatoms. The van der Waals surface area contributed by atoms with Crippen molar-refractivity contribution in [1.29, 1.82) is 0 Å². The van der Waals surface area contributed by atoms with Crippen molar-refractivity contribution in [1.82, 2.24) is 4.90 Å². The van der Waals surface area contributed by atoms with E-state index in [1.54, 1.807) is 23.7 Å². The molecular formula is C31H57NO7S. The van der Waals surface area contributed by atoms with Gasteiger partial charge >= 0.3 is 0 Å². The predicted molar refractivity (Wildman–Crippen MR) is 163 cm³/mol. The van der Waals surface area contributed by atoms with Gasteiger partial charge in [-0.3, -0.25) is 19.2 Å². The van der Waals surface area contributed by atoms with Crippen molar-refractivity contribution in [2.45, 2.75) is 105 Å². The second-order valence-electron chi connectivity index (χ2n) is 11.8. The van der Waals surface area contributed by atoms with Gasteiger partial charge in [0.05, 0.1) is 38.6 Å². The van der Waals surface area contributed by atoms with Gasteiger partial charge in [-0.1, -0.05) is 61.8 Å². The van der Waals surface area contributed by atoms with Gasteiger partial charge in [-0.25, -0.2) is 0 Å². The summed E-state index contributed by atoms with van der Waals surface area (Å²) < 4.78 is 17.7. The number of amides is 1. The van der Waals surface area contributed by atoms with E-state index in [0.717, 1.165) is 5.75 Å². The Morgan fingerprint density at radius 1 is 0.675 bits per heavy atom. The van der Waals surface area contributed by atoms with Crippen LogP contribution in [0.5, 0.6) is 0 Å². The van der Waals surface area contributed by atoms with Crippen LogP contribution in [0, 0.1) is 17.8 Å². The zero-order valence-corrected chi connectivity index (χ0v) is 27.5. The number of likely N-dealkylation sites (N-methyl/N-ethyl adjacent to an activating group) is 1. The van der Waals surface area contributed by atoms with Crippen LogP contribution in [0.1, 0.15) is 93.9 Å². The molecule has 0 saturated heterocycles. The molecule has 0 atom stereocenters. The molecule has 234 valence electrons. The monoisotopic (exact) mass is 587 g/mol. The van der Waals surface area contributed by atoms with Gasteiger partial charge in [0.25, 0.3) is 0 Å². The fraction of sp³-hybridized carbons (Fsp3) is 0.871. The Hall–Kier alpha value is -1.29. The number of carbonyl (C=O) groups excluding carboxylic acids is 4. The first-order valence-corrected chi connectivity index (χ1v) is 16.0. The van der Waals surface area contributed by atoms with Gasteiger partial charge in [-0.15, -0.1) is 0 Å². The second kappa shape index (κ2) is 21.4. The van der Waals surface area contributed by atoms with Crippen molar-refractivity contribution in [2.24, 2.45) is 17.8 Å². The Morgan fingerprint density at radius 3 is 1.60 bits per heavy atom. The van der Waals surface area contributed by atoms with Crippen LogP contribution in [0.3, 0.4) is 0 Å². The summed E-state index contributed by atoms with van der Waals surface area (Å²) in [6, 6.07) is 0. The largest absolute Gasteiger partial charge is 0.378 e. The molecule has 0 radical (unpaired) electrons. The standard InChI is InChI=1S/C31H57NO7S/c1-23(2)27(33)12-10-11-15-31(21-38-16-13-28(34)24(3)4,22-39-17-14-29(35)25(5)6)32(9)30(36)20-37-18-19-40-26(7)8/h23-26H,10-22H2,1-9H3. The first kappa shape index (κ1) is 38.7. The molecule has 0 heterocycles. The normalized spacial score (nSPS) is 12.1. The number of thioether (sulfide) groups is 1. The molecule has 0 aliphatic carbocycles. The van der Waals surface area contributed by atoms with Crippen molar-refractivity contribution >= 4 is 35.0 Å². The van der Waals surface area contributed by atoms with Gasteiger partial charge in [0, 0.05) is 49.8 Å². The van der Waals surface area contributed by atoms with E-state index in [9.17, 15) is 19.2 Å². The molecule has 0 N–H and O–H groups in total. The van der Waals surface area contributed by atoms with E-state index in [-0.39, 0.29) is 74.0 Å². The third kappa shape index (κ3) is 16.8. The number of hydrogen-bond acceptors (Lipinski definition) is 8. The lowest BCUT2D eigenvalue weighted by Crippen LogP contribution is -2.57. The van der Waals surface area contributed by atoms with Crippen LogP contribution >= 0.6 is 11.8 Å². The Balaban J connectivity index is 5.61. The third-order valence-corrected chi connectivity index (χ3v) is 8.03. The van der Waals surface area contributed by atoms with E-state index in [2.05, 4.69) is 13.8 Å². The van der Waals surface area contributed by atoms with Crippen molar-refractivity contribution < 1.29 is 33.4 Å². The van der Waals surface area contributed by atoms with Gasteiger partial charge in [-0.05, 0) is 18.1 Å². The number of rotatable bonds is 25. The van der Waals surface area contributed by atoms with E-state index in [4.69, 9.17) is 14.2 Å². The van der Waals surface area contributed by atoms with Crippen molar-refractivity contribution in [3.8, 4) is 0 Å². The summed E-state index contributed by atoms with van der Waals surface area (Å²) in [5, 5.41) is 0.497. The summed E-state index contributed by atoms with van der Waals surface area (Å²) in [7, 11) is 1.74. The molecule has 0 saturated carbocycles. The van der Waals surface area contributed by atoms with E-state index in [1.807, 2.05) is 41.5 Å². The fourth-order valence-electron chi connectivity index (χ4n) is 3.90. The predicted octanol–water partition coefficient (Wildman–Crippen LogP) is 5.39. The number of nitrogens with zero attached hydrogens (tertiary/aromatic N) is 1. The molecule has 40 heavy (non-hydrogen) atoms. The molecule has 0 fully saturated rings. The molecule has 0 spiro atoms. The van der Waals surface area contributed by atoms with Crippen LogP contribution in [-0.4, -0.2) is 91.4 Å². The molecule has 8 nitrogen and oxygen atoms in total. The number of Topliss-reactive ketones (excluding diaryl/α,β-unsaturated/α-hetero) is 3. The van der Waals surface area contributed by atoms with Crippen LogP contribution in [0.25, 0.3) is 0 Å². The molecule has 0 unspecified atom stereocenters. The molecule has 0 aromatic carbocycles. The second-order valence-corrected chi connectivity index (χ2v) is 13.5. The SMILES string of the molecule is CC(C)SCCOCC(=O)N(C)C(CCCCC(=O)C(C)C)(COCCC(=O)C(C)C)COCCC(=O)C(C)C. The highest BCUT2D eigenvalue weighted by molar-refractivity contribution is 7.99. The zero-order chi connectivity index (χ0) is 30.7. The van der Waals surface area contributed by atoms with E-state index >= 15 is 0 Å². The number of ketones is 3. The molecule has 1 amide bonds. The maximum atomic E-state index is 13.3. The third-order valence-electron chi connectivity index (χ3n) is 6.96. The Morgan fingerprint density at radius 2 is 1.15 bits per heavy atom. The van der Waals surface area contributed by atoms with Gasteiger partial charge in [0.2, 0.25) is 5.91 Å². The zero-order valence-electron chi connectivity index (χ0n) is 26.7. The topological polar surface area (TPSA) is 99.2 Å². The van der Waals surface area contributed by atoms with Crippen LogP contribution in [0.4, 0.5) is 0 Å². The number of hydrogen-bond donors (Lipinski definition) is 0. The van der Waals surface area contributed by atoms with Gasteiger partial charge in [-0.2, -0.15) is 11.8 Å². The number of ether oxygens (including phenoxy) is 3. The van der Waals surface area contributed by atoms with E-state index in [0.29, 0.717) is 50.4 Å². The summed E-state index contributed by atoms with van der Waals surface area (Å²) in [5.41, 5.74) is -0.824. The van der Waals surface area contributed by atoms with Gasteiger partial charge in [0.15, 0.2) is 0 Å². The summed E-state index contributed by atoms with van der Waals surface area (Å²) in [6.07, 6.45) is 3.03. The Bertz CT molecular complexity index is 683. The minimum atomic E-state index is -0.824. The molecule has 0 aromatic heterocycles. The van der Waals surface area contributed by atoms with Crippen molar-refractivity contribution in [2.75, 3.05) is 52.4 Å². The summed E-state index contributed by atoms with van der Waals surface area (Å²) in [4.78, 5) is 51.4. The average molecular weight is 588 g/mol. The minimum Gasteiger partial charge on any atom is -0.378 e. The molecule has 0 aliphatic heterocycles. The maximum Gasteiger partial charge on any atom is 0.248 e. The molecule has 0 rings (SSSR count). The van der Waals surface area contributed by atoms with Crippen LogP contribution in [0.15, 0.2) is 0 Å². The smallest absolute Gasteiger partial charge is 0.248 e. The molecule has 0 aliphatic rings. The molecule has 0 aromatic rings. The lowest BCUT2D eigenvalue weighted by molar-refractivity contribution is -0.149. The molecule has 0 bridgehead atoms. The highest BCUT2D eigenvalue weighted by Crippen LogP contribution is 2.25. The first-order chi connectivity index (χ1) is 18.7. The van der Waals surface area contributed by atoms with Crippen molar-refractivity contribution in [3.63, 3.8) is 0 Å². The summed E-state index contributed by atoms with van der Waals surface area (Å²) in [6.45, 7) is 16.8. The summed E-state index contributed by atoms with van der Waals surface area (Å²) >= 11 is 1.78. The van der Waals surface area contributed by atoms with Crippen LogP contribution < -0.4 is 0 Å². The van der Waals surface area contributed by atoms with E-state index < -0.39 is 5.54 Å². The van der Waals surface area contributed by atoms with Crippen molar-refractivity contribution in [3.05, 3.63) is 0 Å². The summed E-state index contributed by atoms with van der Waals surface area (Å²) in [5.74, 6) is 0.947.